The van der Waals surface area contributed by atoms with Crippen molar-refractivity contribution in [2.24, 2.45) is 0 Å². The van der Waals surface area contributed by atoms with E-state index >= 15 is 0 Å². The Balaban J connectivity index is 1.56. The number of benzene rings is 1. The number of H-pyrrole nitrogens is 1. The Labute approximate surface area is 200 Å². The van der Waals surface area contributed by atoms with Gasteiger partial charge in [-0.25, -0.2) is 4.68 Å². The van der Waals surface area contributed by atoms with Crippen molar-refractivity contribution >= 4 is 10.9 Å². The predicted octanol–water partition coefficient (Wildman–Crippen LogP) is 3.15. The molecule has 2 fully saturated rings. The lowest BCUT2D eigenvalue weighted by Gasteiger charge is -2.39. The molecule has 9 nitrogen and oxygen atoms in total. The highest BCUT2D eigenvalue weighted by Crippen LogP contribution is 2.33. The Morgan fingerprint density at radius 2 is 1.91 bits per heavy atom. The maximum atomic E-state index is 13.5. The van der Waals surface area contributed by atoms with E-state index in [1.807, 2.05) is 28.9 Å². The van der Waals surface area contributed by atoms with Crippen molar-refractivity contribution in [1.29, 1.82) is 0 Å². The summed E-state index contributed by atoms with van der Waals surface area (Å²) in [4.78, 5) is 21.4. The SMILES string of the molecule is CCCN1CCN([C@H](c2cc3ccc(OC)cc3[nH]c2=O)c2nnnn2C2CCCCC2)CC1. The molecule has 5 rings (SSSR count). The summed E-state index contributed by atoms with van der Waals surface area (Å²) in [7, 11) is 1.63. The van der Waals surface area contributed by atoms with E-state index in [1.54, 1.807) is 7.11 Å². The summed E-state index contributed by atoms with van der Waals surface area (Å²) >= 11 is 0. The zero-order valence-electron chi connectivity index (χ0n) is 20.2. The number of tetrazole rings is 1. The molecular weight excluding hydrogens is 430 g/mol. The normalized spacial score (nSPS) is 19.5. The number of hydrogen-bond donors (Lipinski definition) is 1. The molecule has 182 valence electrons. The van der Waals surface area contributed by atoms with Gasteiger partial charge in [0.2, 0.25) is 0 Å². The van der Waals surface area contributed by atoms with Gasteiger partial charge in [0, 0.05) is 37.8 Å². The van der Waals surface area contributed by atoms with E-state index in [-0.39, 0.29) is 11.6 Å². The number of aromatic amines is 1. The van der Waals surface area contributed by atoms with E-state index in [9.17, 15) is 4.79 Å². The van der Waals surface area contributed by atoms with E-state index in [0.717, 1.165) is 74.5 Å². The molecule has 2 aliphatic rings. The van der Waals surface area contributed by atoms with Crippen LogP contribution in [0.5, 0.6) is 5.75 Å². The number of nitrogens with one attached hydrogen (secondary N) is 1. The fourth-order valence-electron chi connectivity index (χ4n) is 5.55. The molecule has 0 radical (unpaired) electrons. The second-order valence-electron chi connectivity index (χ2n) is 9.56. The number of rotatable bonds is 7. The van der Waals surface area contributed by atoms with Gasteiger partial charge in [-0.3, -0.25) is 9.69 Å². The van der Waals surface area contributed by atoms with Crippen molar-refractivity contribution in [2.75, 3.05) is 39.8 Å². The summed E-state index contributed by atoms with van der Waals surface area (Å²) < 4.78 is 7.36. The highest BCUT2D eigenvalue weighted by Gasteiger charge is 2.34. The monoisotopic (exact) mass is 465 g/mol. The van der Waals surface area contributed by atoms with Gasteiger partial charge >= 0.3 is 0 Å². The molecule has 3 aromatic rings. The largest absolute Gasteiger partial charge is 0.497 e. The maximum absolute atomic E-state index is 13.5. The van der Waals surface area contributed by atoms with Crippen LogP contribution in [0, 0.1) is 0 Å². The van der Waals surface area contributed by atoms with Gasteiger partial charge in [0.05, 0.1) is 18.7 Å². The fourth-order valence-corrected chi connectivity index (χ4v) is 5.55. The first-order chi connectivity index (χ1) is 16.7. The minimum Gasteiger partial charge on any atom is -0.497 e. The minimum atomic E-state index is -0.282. The van der Waals surface area contributed by atoms with Crippen LogP contribution in [0.1, 0.15) is 68.9 Å². The Bertz CT molecular complexity index is 1160. The van der Waals surface area contributed by atoms with Gasteiger partial charge < -0.3 is 14.6 Å². The van der Waals surface area contributed by atoms with Crippen LogP contribution in [-0.4, -0.2) is 74.8 Å². The highest BCUT2D eigenvalue weighted by molar-refractivity contribution is 5.80. The van der Waals surface area contributed by atoms with Crippen molar-refractivity contribution in [2.45, 2.75) is 57.5 Å². The number of fused-ring (bicyclic) bond motifs is 1. The Morgan fingerprint density at radius 3 is 2.65 bits per heavy atom. The van der Waals surface area contributed by atoms with Crippen molar-refractivity contribution in [3.63, 3.8) is 0 Å². The molecule has 1 aromatic carbocycles. The third-order valence-electron chi connectivity index (χ3n) is 7.37. The van der Waals surface area contributed by atoms with E-state index < -0.39 is 0 Å². The van der Waals surface area contributed by atoms with Crippen LogP contribution in [0.2, 0.25) is 0 Å². The average molecular weight is 466 g/mol. The van der Waals surface area contributed by atoms with Crippen LogP contribution in [0.15, 0.2) is 29.1 Å². The maximum Gasteiger partial charge on any atom is 0.253 e. The van der Waals surface area contributed by atoms with Gasteiger partial charge in [0.15, 0.2) is 5.82 Å². The number of ether oxygens (including phenoxy) is 1. The van der Waals surface area contributed by atoms with Crippen molar-refractivity contribution < 1.29 is 4.74 Å². The molecule has 0 bridgehead atoms. The van der Waals surface area contributed by atoms with Gasteiger partial charge in [-0.15, -0.1) is 5.10 Å². The molecular formula is C25H35N7O2. The van der Waals surface area contributed by atoms with Crippen molar-refractivity contribution in [3.05, 3.63) is 46.0 Å². The number of aromatic nitrogens is 5. The summed E-state index contributed by atoms with van der Waals surface area (Å²) in [6, 6.07) is 7.81. The summed E-state index contributed by atoms with van der Waals surface area (Å²) in [5.74, 6) is 1.51. The zero-order valence-corrected chi connectivity index (χ0v) is 20.2. The number of piperazine rings is 1. The van der Waals surface area contributed by atoms with Crippen molar-refractivity contribution in [3.8, 4) is 5.75 Å². The second kappa shape index (κ2) is 10.2. The lowest BCUT2D eigenvalue weighted by Crippen LogP contribution is -2.49. The van der Waals surface area contributed by atoms with Gasteiger partial charge in [0.1, 0.15) is 11.8 Å². The lowest BCUT2D eigenvalue weighted by atomic mass is 9.95. The molecule has 0 amide bonds. The summed E-state index contributed by atoms with van der Waals surface area (Å²) in [5.41, 5.74) is 1.37. The van der Waals surface area contributed by atoms with Crippen LogP contribution in [0.25, 0.3) is 10.9 Å². The van der Waals surface area contributed by atoms with Crippen LogP contribution in [-0.2, 0) is 0 Å². The van der Waals surface area contributed by atoms with Gasteiger partial charge in [-0.2, -0.15) is 0 Å². The molecule has 3 heterocycles. The first-order valence-corrected chi connectivity index (χ1v) is 12.6. The van der Waals surface area contributed by atoms with Crippen molar-refractivity contribution in [1.82, 2.24) is 35.0 Å². The van der Waals surface area contributed by atoms with Gasteiger partial charge in [-0.1, -0.05) is 26.2 Å². The van der Waals surface area contributed by atoms with E-state index in [2.05, 4.69) is 37.2 Å². The zero-order chi connectivity index (χ0) is 23.5. The van der Waals surface area contributed by atoms with E-state index in [1.165, 1.54) is 19.3 Å². The molecule has 1 aliphatic carbocycles. The van der Waals surface area contributed by atoms with E-state index in [4.69, 9.17) is 4.74 Å². The number of nitrogens with zero attached hydrogens (tertiary/aromatic N) is 6. The van der Waals surface area contributed by atoms with Gasteiger partial charge in [-0.05, 0) is 59.8 Å². The van der Waals surface area contributed by atoms with Crippen LogP contribution in [0.4, 0.5) is 0 Å². The lowest BCUT2D eigenvalue weighted by molar-refractivity contribution is 0.103. The molecule has 34 heavy (non-hydrogen) atoms. The summed E-state index contributed by atoms with van der Waals surface area (Å²) in [6.45, 7) is 7.05. The smallest absolute Gasteiger partial charge is 0.253 e. The summed E-state index contributed by atoms with van der Waals surface area (Å²) in [6.07, 6.45) is 6.99. The number of pyridine rings is 1. The average Bonchev–Trinajstić information content (AvgIpc) is 3.35. The molecule has 1 aliphatic heterocycles. The van der Waals surface area contributed by atoms with Crippen LogP contribution < -0.4 is 10.3 Å². The molecule has 1 saturated carbocycles. The molecule has 0 spiro atoms. The Morgan fingerprint density at radius 1 is 1.12 bits per heavy atom. The first-order valence-electron chi connectivity index (χ1n) is 12.6. The molecule has 2 aromatic heterocycles. The standard InChI is InChI=1S/C25H35N7O2/c1-3-11-30-12-14-31(15-13-30)23(24-27-28-29-32(24)19-7-5-4-6-8-19)21-16-18-9-10-20(34-2)17-22(18)26-25(21)33/h9-10,16-17,19,23H,3-8,11-15H2,1-2H3,(H,26,33)/t23-/m1/s1. The van der Waals surface area contributed by atoms with E-state index in [0.29, 0.717) is 11.6 Å². The van der Waals surface area contributed by atoms with Crippen LogP contribution in [0.3, 0.4) is 0 Å². The second-order valence-corrected chi connectivity index (χ2v) is 9.56. The predicted molar refractivity (Wildman–Crippen MR) is 131 cm³/mol. The number of methoxy groups -OCH3 is 1. The third kappa shape index (κ3) is 4.59. The highest BCUT2D eigenvalue weighted by atomic mass is 16.5. The quantitative estimate of drug-likeness (QED) is 0.573. The Kier molecular flexibility index (Phi) is 6.92. The molecule has 1 saturated heterocycles. The fraction of sp³-hybridized carbons (Fsp3) is 0.600. The Hall–Kier alpha value is -2.78. The van der Waals surface area contributed by atoms with Gasteiger partial charge in [0.25, 0.3) is 5.56 Å². The first kappa shape index (κ1) is 23.0. The number of hydrogen-bond acceptors (Lipinski definition) is 7. The molecule has 9 heteroatoms. The van der Waals surface area contributed by atoms with Crippen LogP contribution >= 0.6 is 0 Å². The third-order valence-corrected chi connectivity index (χ3v) is 7.37. The summed E-state index contributed by atoms with van der Waals surface area (Å²) in [5, 5.41) is 14.0. The topological polar surface area (TPSA) is 92.2 Å². The molecule has 0 unspecified atom stereocenters. The molecule has 1 atom stereocenters. The molecule has 1 N–H and O–H groups in total. The minimum absolute atomic E-state index is 0.0973.